The van der Waals surface area contributed by atoms with E-state index in [-0.39, 0.29) is 23.5 Å². The second kappa shape index (κ2) is 6.43. The summed E-state index contributed by atoms with van der Waals surface area (Å²) in [5.41, 5.74) is 0.472. The van der Waals surface area contributed by atoms with Crippen molar-refractivity contribution in [2.45, 2.75) is 12.8 Å². The van der Waals surface area contributed by atoms with E-state index < -0.39 is 0 Å². The molecular weight excluding hydrogens is 373 g/mol. The molecule has 108 valence electrons. The zero-order chi connectivity index (χ0) is 14.7. The van der Waals surface area contributed by atoms with E-state index in [2.05, 4.69) is 0 Å². The van der Waals surface area contributed by atoms with Gasteiger partial charge in [-0.15, -0.1) is 0 Å². The van der Waals surface area contributed by atoms with Crippen LogP contribution >= 0.6 is 22.6 Å². The van der Waals surface area contributed by atoms with Crippen LogP contribution in [0.25, 0.3) is 0 Å². The standard InChI is InChI=1S/C14H16INO4/c1-20-14(19)9-4-6-16(7-5-9)13(18)10-2-3-11(15)12(17)8-10/h2-3,8-9,17H,4-7H2,1H3. The molecule has 0 aromatic heterocycles. The van der Waals surface area contributed by atoms with Gasteiger partial charge in [0.25, 0.3) is 5.91 Å². The van der Waals surface area contributed by atoms with Crippen LogP contribution in [0.2, 0.25) is 0 Å². The maximum absolute atomic E-state index is 12.3. The number of phenols is 1. The van der Waals surface area contributed by atoms with Crippen LogP contribution in [-0.2, 0) is 9.53 Å². The first kappa shape index (κ1) is 15.1. The third-order valence-corrected chi connectivity index (χ3v) is 4.42. The highest BCUT2D eigenvalue weighted by Gasteiger charge is 2.28. The van der Waals surface area contributed by atoms with Gasteiger partial charge in [0, 0.05) is 18.7 Å². The fraction of sp³-hybridized carbons (Fsp3) is 0.429. The minimum atomic E-state index is -0.205. The van der Waals surface area contributed by atoms with Crippen LogP contribution in [0.3, 0.4) is 0 Å². The SMILES string of the molecule is COC(=O)C1CCN(C(=O)c2ccc(I)c(O)c2)CC1. The van der Waals surface area contributed by atoms with Gasteiger partial charge in [0.15, 0.2) is 0 Å². The number of phenolic OH excluding ortho intramolecular Hbond substituents is 1. The molecular formula is C14H16INO4. The third kappa shape index (κ3) is 3.23. The Morgan fingerprint density at radius 1 is 1.35 bits per heavy atom. The van der Waals surface area contributed by atoms with Crippen molar-refractivity contribution in [2.24, 2.45) is 5.92 Å². The second-order valence-electron chi connectivity index (χ2n) is 4.76. The Balaban J connectivity index is 2.01. The van der Waals surface area contributed by atoms with Gasteiger partial charge in [-0.2, -0.15) is 0 Å². The van der Waals surface area contributed by atoms with Crippen LogP contribution in [0, 0.1) is 9.49 Å². The molecule has 0 saturated carbocycles. The maximum atomic E-state index is 12.3. The van der Waals surface area contributed by atoms with Crippen molar-refractivity contribution >= 4 is 34.5 Å². The fourth-order valence-corrected chi connectivity index (χ4v) is 2.65. The smallest absolute Gasteiger partial charge is 0.308 e. The van der Waals surface area contributed by atoms with Gasteiger partial charge < -0.3 is 14.7 Å². The predicted molar refractivity (Wildman–Crippen MR) is 81.5 cm³/mol. The molecule has 2 rings (SSSR count). The number of hydrogen-bond acceptors (Lipinski definition) is 4. The minimum absolute atomic E-state index is 0.111. The molecule has 0 unspecified atom stereocenters. The van der Waals surface area contributed by atoms with Crippen molar-refractivity contribution in [2.75, 3.05) is 20.2 Å². The number of nitrogens with zero attached hydrogens (tertiary/aromatic N) is 1. The molecule has 1 aromatic carbocycles. The number of piperidine rings is 1. The summed E-state index contributed by atoms with van der Waals surface area (Å²) in [7, 11) is 1.38. The number of methoxy groups -OCH3 is 1. The number of halogens is 1. The Kier molecular flexibility index (Phi) is 4.85. The van der Waals surface area contributed by atoms with E-state index in [9.17, 15) is 14.7 Å². The van der Waals surface area contributed by atoms with Gasteiger partial charge in [-0.3, -0.25) is 9.59 Å². The predicted octanol–water partition coefficient (Wildman–Crippen LogP) is 2.02. The Labute approximate surface area is 131 Å². The van der Waals surface area contributed by atoms with Gasteiger partial charge in [0.2, 0.25) is 0 Å². The normalized spacial score (nSPS) is 16.0. The Morgan fingerprint density at radius 2 is 2.00 bits per heavy atom. The zero-order valence-corrected chi connectivity index (χ0v) is 13.3. The molecule has 1 amide bonds. The molecule has 1 saturated heterocycles. The number of carbonyl (C=O) groups is 2. The topological polar surface area (TPSA) is 66.8 Å². The van der Waals surface area contributed by atoms with Crippen LogP contribution in [0.1, 0.15) is 23.2 Å². The molecule has 1 aliphatic heterocycles. The monoisotopic (exact) mass is 389 g/mol. The molecule has 0 radical (unpaired) electrons. The van der Waals surface area contributed by atoms with Crippen molar-refractivity contribution in [3.63, 3.8) is 0 Å². The summed E-state index contributed by atoms with van der Waals surface area (Å²) in [6, 6.07) is 4.90. The largest absolute Gasteiger partial charge is 0.507 e. The number of benzene rings is 1. The molecule has 0 atom stereocenters. The minimum Gasteiger partial charge on any atom is -0.507 e. The highest BCUT2D eigenvalue weighted by molar-refractivity contribution is 14.1. The maximum Gasteiger partial charge on any atom is 0.308 e. The van der Waals surface area contributed by atoms with Crippen LogP contribution in [0.5, 0.6) is 5.75 Å². The van der Waals surface area contributed by atoms with Crippen LogP contribution in [0.15, 0.2) is 18.2 Å². The molecule has 1 heterocycles. The lowest BCUT2D eigenvalue weighted by Crippen LogP contribution is -2.40. The zero-order valence-electron chi connectivity index (χ0n) is 11.1. The van der Waals surface area contributed by atoms with E-state index in [1.165, 1.54) is 13.2 Å². The summed E-state index contributed by atoms with van der Waals surface area (Å²) >= 11 is 2.01. The van der Waals surface area contributed by atoms with E-state index >= 15 is 0 Å². The lowest BCUT2D eigenvalue weighted by molar-refractivity contribution is -0.146. The van der Waals surface area contributed by atoms with E-state index in [0.717, 1.165) is 0 Å². The van der Waals surface area contributed by atoms with E-state index in [0.29, 0.717) is 35.1 Å². The Hall–Kier alpha value is -1.31. The summed E-state index contributed by atoms with van der Waals surface area (Å²) in [6.45, 7) is 1.07. The van der Waals surface area contributed by atoms with Crippen LogP contribution in [0.4, 0.5) is 0 Å². The van der Waals surface area contributed by atoms with Crippen molar-refractivity contribution in [3.8, 4) is 5.75 Å². The first-order valence-corrected chi connectivity index (χ1v) is 7.46. The van der Waals surface area contributed by atoms with Crippen molar-refractivity contribution in [1.82, 2.24) is 4.90 Å². The molecule has 1 aliphatic rings. The molecule has 1 N–H and O–H groups in total. The molecule has 1 aromatic rings. The molecule has 0 aliphatic carbocycles. The van der Waals surface area contributed by atoms with Crippen molar-refractivity contribution in [1.29, 1.82) is 0 Å². The van der Waals surface area contributed by atoms with Gasteiger partial charge >= 0.3 is 5.97 Å². The number of aromatic hydroxyl groups is 1. The quantitative estimate of drug-likeness (QED) is 0.621. The number of amides is 1. The van der Waals surface area contributed by atoms with E-state index in [4.69, 9.17) is 4.74 Å². The molecule has 0 bridgehead atoms. The lowest BCUT2D eigenvalue weighted by Gasteiger charge is -2.30. The summed E-state index contributed by atoms with van der Waals surface area (Å²) < 4.78 is 5.43. The Morgan fingerprint density at radius 3 is 2.55 bits per heavy atom. The van der Waals surface area contributed by atoms with E-state index in [1.807, 2.05) is 22.6 Å². The molecule has 1 fully saturated rings. The average molecular weight is 389 g/mol. The number of likely N-dealkylation sites (tertiary alicyclic amines) is 1. The number of carbonyl (C=O) groups excluding carboxylic acids is 2. The molecule has 0 spiro atoms. The average Bonchev–Trinajstić information content (AvgIpc) is 2.48. The van der Waals surface area contributed by atoms with E-state index in [1.54, 1.807) is 17.0 Å². The number of hydrogen-bond donors (Lipinski definition) is 1. The first-order chi connectivity index (χ1) is 9.52. The fourth-order valence-electron chi connectivity index (χ4n) is 2.31. The highest BCUT2D eigenvalue weighted by Crippen LogP contribution is 2.24. The summed E-state index contributed by atoms with van der Waals surface area (Å²) in [6.07, 6.45) is 1.24. The van der Waals surface area contributed by atoms with Gasteiger partial charge in [-0.05, 0) is 53.6 Å². The highest BCUT2D eigenvalue weighted by atomic mass is 127. The first-order valence-electron chi connectivity index (χ1n) is 6.38. The Bertz CT molecular complexity index is 524. The summed E-state index contributed by atoms with van der Waals surface area (Å²) in [5.74, 6) is -0.320. The number of rotatable bonds is 2. The van der Waals surface area contributed by atoms with Crippen LogP contribution < -0.4 is 0 Å². The van der Waals surface area contributed by atoms with Gasteiger partial charge in [0.1, 0.15) is 5.75 Å². The van der Waals surface area contributed by atoms with Gasteiger partial charge in [0.05, 0.1) is 16.6 Å². The molecule has 20 heavy (non-hydrogen) atoms. The van der Waals surface area contributed by atoms with Gasteiger partial charge in [-0.1, -0.05) is 0 Å². The second-order valence-corrected chi connectivity index (χ2v) is 5.92. The number of esters is 1. The number of ether oxygens (including phenoxy) is 1. The summed E-state index contributed by atoms with van der Waals surface area (Å²) in [4.78, 5) is 25.5. The van der Waals surface area contributed by atoms with Gasteiger partial charge in [-0.25, -0.2) is 0 Å². The van der Waals surface area contributed by atoms with Crippen LogP contribution in [-0.4, -0.2) is 42.1 Å². The van der Waals surface area contributed by atoms with Crippen molar-refractivity contribution < 1.29 is 19.4 Å². The third-order valence-electron chi connectivity index (χ3n) is 3.51. The van der Waals surface area contributed by atoms with Crippen molar-refractivity contribution in [3.05, 3.63) is 27.3 Å². The lowest BCUT2D eigenvalue weighted by atomic mass is 9.96. The summed E-state index contributed by atoms with van der Waals surface area (Å²) in [5, 5.41) is 9.65. The molecule has 5 nitrogen and oxygen atoms in total. The molecule has 6 heteroatoms.